The molecular formula is C12H14FNO4. The summed E-state index contributed by atoms with van der Waals surface area (Å²) in [4.78, 5) is 21.2. The van der Waals surface area contributed by atoms with Gasteiger partial charge >= 0.3 is 0 Å². The van der Waals surface area contributed by atoms with Crippen LogP contribution in [0, 0.1) is 22.9 Å². The molecule has 0 aliphatic carbocycles. The topological polar surface area (TPSA) is 69.4 Å². The molecule has 1 rings (SSSR count). The van der Waals surface area contributed by atoms with Crippen LogP contribution in [0.25, 0.3) is 0 Å². The minimum absolute atomic E-state index is 0.132. The Morgan fingerprint density at radius 1 is 1.50 bits per heavy atom. The first-order valence-electron chi connectivity index (χ1n) is 5.54. The van der Waals surface area contributed by atoms with Crippen LogP contribution in [-0.2, 0) is 4.79 Å². The second kappa shape index (κ2) is 6.09. The standard InChI is InChI=1S/C12H14FNO4/c1-3-4-9(15)7-18-12-5-8(2)11(14(16)17)6-10(12)13/h5-6H,3-4,7H2,1-2H3. The van der Waals surface area contributed by atoms with Crippen molar-refractivity contribution in [3.8, 4) is 5.75 Å². The zero-order valence-electron chi connectivity index (χ0n) is 10.2. The van der Waals surface area contributed by atoms with Gasteiger partial charge in [-0.25, -0.2) is 4.39 Å². The Hall–Kier alpha value is -1.98. The van der Waals surface area contributed by atoms with Gasteiger partial charge in [-0.15, -0.1) is 0 Å². The van der Waals surface area contributed by atoms with E-state index in [0.29, 0.717) is 18.4 Å². The summed E-state index contributed by atoms with van der Waals surface area (Å²) in [5.74, 6) is -1.10. The summed E-state index contributed by atoms with van der Waals surface area (Å²) >= 11 is 0. The molecule has 6 heteroatoms. The summed E-state index contributed by atoms with van der Waals surface area (Å²) in [6.45, 7) is 3.12. The fraction of sp³-hybridized carbons (Fsp3) is 0.417. The van der Waals surface area contributed by atoms with Gasteiger partial charge in [0.25, 0.3) is 5.69 Å². The summed E-state index contributed by atoms with van der Waals surface area (Å²) in [7, 11) is 0. The highest BCUT2D eigenvalue weighted by atomic mass is 19.1. The van der Waals surface area contributed by atoms with E-state index in [2.05, 4.69) is 0 Å². The van der Waals surface area contributed by atoms with Gasteiger partial charge in [0.2, 0.25) is 0 Å². The minimum atomic E-state index is -0.836. The third-order valence-corrected chi connectivity index (χ3v) is 2.36. The number of nitrogens with zero attached hydrogens (tertiary/aromatic N) is 1. The number of benzene rings is 1. The summed E-state index contributed by atoms with van der Waals surface area (Å²) in [6, 6.07) is 2.03. The first-order valence-corrected chi connectivity index (χ1v) is 5.54. The van der Waals surface area contributed by atoms with Crippen molar-refractivity contribution < 1.29 is 18.8 Å². The summed E-state index contributed by atoms with van der Waals surface area (Å²) < 4.78 is 18.5. The highest BCUT2D eigenvalue weighted by molar-refractivity contribution is 5.79. The van der Waals surface area contributed by atoms with E-state index in [9.17, 15) is 19.3 Å². The lowest BCUT2D eigenvalue weighted by molar-refractivity contribution is -0.385. The molecule has 0 spiro atoms. The molecule has 0 saturated carbocycles. The van der Waals surface area contributed by atoms with Crippen molar-refractivity contribution in [1.29, 1.82) is 0 Å². The van der Waals surface area contributed by atoms with E-state index >= 15 is 0 Å². The van der Waals surface area contributed by atoms with Crippen LogP contribution < -0.4 is 4.74 Å². The van der Waals surface area contributed by atoms with Crippen molar-refractivity contribution in [2.45, 2.75) is 26.7 Å². The lowest BCUT2D eigenvalue weighted by Gasteiger charge is -2.07. The summed E-state index contributed by atoms with van der Waals surface area (Å²) in [6.07, 6.45) is 1.07. The molecule has 98 valence electrons. The molecule has 0 fully saturated rings. The molecule has 0 bridgehead atoms. The Morgan fingerprint density at radius 2 is 2.17 bits per heavy atom. The molecule has 0 aromatic heterocycles. The van der Waals surface area contributed by atoms with Crippen molar-refractivity contribution in [3.63, 3.8) is 0 Å². The summed E-state index contributed by atoms with van der Waals surface area (Å²) in [5, 5.41) is 10.6. The van der Waals surface area contributed by atoms with E-state index in [1.165, 1.54) is 13.0 Å². The number of nitro benzene ring substituents is 1. The second-order valence-electron chi connectivity index (χ2n) is 3.90. The number of rotatable bonds is 6. The Labute approximate surface area is 104 Å². The zero-order valence-corrected chi connectivity index (χ0v) is 10.2. The lowest BCUT2D eigenvalue weighted by Crippen LogP contribution is -2.11. The van der Waals surface area contributed by atoms with E-state index in [4.69, 9.17) is 4.74 Å². The quantitative estimate of drug-likeness (QED) is 0.579. The maximum Gasteiger partial charge on any atom is 0.275 e. The molecule has 0 aliphatic rings. The summed E-state index contributed by atoms with van der Waals surface area (Å²) in [5.41, 5.74) is -0.0147. The first-order chi connectivity index (χ1) is 8.45. The van der Waals surface area contributed by atoms with E-state index in [0.717, 1.165) is 6.07 Å². The molecule has 0 aliphatic heterocycles. The average Bonchev–Trinajstić information content (AvgIpc) is 2.29. The lowest BCUT2D eigenvalue weighted by atomic mass is 10.2. The fourth-order valence-corrected chi connectivity index (χ4v) is 1.46. The van der Waals surface area contributed by atoms with E-state index in [1.807, 2.05) is 6.92 Å². The van der Waals surface area contributed by atoms with Crippen LogP contribution in [0.15, 0.2) is 12.1 Å². The maximum atomic E-state index is 13.5. The molecule has 1 aromatic rings. The molecule has 0 saturated heterocycles. The predicted octanol–water partition coefficient (Wildman–Crippen LogP) is 2.79. The van der Waals surface area contributed by atoms with Crippen molar-refractivity contribution in [2.24, 2.45) is 0 Å². The highest BCUT2D eigenvalue weighted by Crippen LogP contribution is 2.26. The predicted molar refractivity (Wildman–Crippen MR) is 63.2 cm³/mol. The van der Waals surface area contributed by atoms with E-state index in [1.54, 1.807) is 0 Å². The number of hydrogen-bond donors (Lipinski definition) is 0. The van der Waals surface area contributed by atoms with Gasteiger partial charge in [-0.1, -0.05) is 6.92 Å². The Balaban J connectivity index is 2.82. The fourth-order valence-electron chi connectivity index (χ4n) is 1.46. The third-order valence-electron chi connectivity index (χ3n) is 2.36. The molecule has 1 aromatic carbocycles. The molecule has 0 amide bonds. The molecular weight excluding hydrogens is 241 g/mol. The Bertz CT molecular complexity index is 473. The third kappa shape index (κ3) is 3.51. The first kappa shape index (κ1) is 14.1. The number of nitro groups is 1. The van der Waals surface area contributed by atoms with Crippen LogP contribution in [0.4, 0.5) is 10.1 Å². The molecule has 0 N–H and O–H groups in total. The van der Waals surface area contributed by atoms with Gasteiger partial charge in [0.15, 0.2) is 17.3 Å². The largest absolute Gasteiger partial charge is 0.483 e. The van der Waals surface area contributed by atoms with Gasteiger partial charge in [-0.2, -0.15) is 0 Å². The van der Waals surface area contributed by atoms with E-state index < -0.39 is 10.7 Å². The molecule has 0 heterocycles. The van der Waals surface area contributed by atoms with Crippen LogP contribution >= 0.6 is 0 Å². The van der Waals surface area contributed by atoms with Crippen LogP contribution in [0.5, 0.6) is 5.75 Å². The molecule has 0 radical (unpaired) electrons. The molecule has 0 atom stereocenters. The SMILES string of the molecule is CCCC(=O)COc1cc(C)c([N+](=O)[O-])cc1F. The van der Waals surface area contributed by atoms with Gasteiger partial charge in [0.05, 0.1) is 11.0 Å². The van der Waals surface area contributed by atoms with Crippen LogP contribution in [-0.4, -0.2) is 17.3 Å². The van der Waals surface area contributed by atoms with Crippen LogP contribution in [0.2, 0.25) is 0 Å². The average molecular weight is 255 g/mol. The van der Waals surface area contributed by atoms with Gasteiger partial charge in [0, 0.05) is 12.0 Å². The van der Waals surface area contributed by atoms with E-state index in [-0.39, 0.29) is 23.8 Å². The van der Waals surface area contributed by atoms with Crippen molar-refractivity contribution >= 4 is 11.5 Å². The Kier molecular flexibility index (Phi) is 4.76. The number of hydrogen-bond acceptors (Lipinski definition) is 4. The van der Waals surface area contributed by atoms with Gasteiger partial charge in [-0.3, -0.25) is 14.9 Å². The smallest absolute Gasteiger partial charge is 0.275 e. The van der Waals surface area contributed by atoms with Gasteiger partial charge in [0.1, 0.15) is 6.61 Å². The molecule has 0 unspecified atom stereocenters. The number of ether oxygens (including phenoxy) is 1. The zero-order chi connectivity index (χ0) is 13.7. The monoisotopic (exact) mass is 255 g/mol. The number of aryl methyl sites for hydroxylation is 1. The van der Waals surface area contributed by atoms with Crippen LogP contribution in [0.1, 0.15) is 25.3 Å². The number of ketones is 1. The second-order valence-corrected chi connectivity index (χ2v) is 3.90. The number of Topliss-reactive ketones (excluding diaryl/α,β-unsaturated/α-hetero) is 1. The molecule has 18 heavy (non-hydrogen) atoms. The van der Waals surface area contributed by atoms with Crippen molar-refractivity contribution in [3.05, 3.63) is 33.6 Å². The number of halogens is 1. The van der Waals surface area contributed by atoms with Gasteiger partial charge in [-0.05, 0) is 19.4 Å². The normalized spacial score (nSPS) is 10.2. The number of carbonyl (C=O) groups excluding carboxylic acids is 1. The van der Waals surface area contributed by atoms with Crippen molar-refractivity contribution in [1.82, 2.24) is 0 Å². The number of carbonyl (C=O) groups is 1. The van der Waals surface area contributed by atoms with Crippen molar-refractivity contribution in [2.75, 3.05) is 6.61 Å². The molecule has 5 nitrogen and oxygen atoms in total. The van der Waals surface area contributed by atoms with Crippen LogP contribution in [0.3, 0.4) is 0 Å². The minimum Gasteiger partial charge on any atom is -0.483 e. The Morgan fingerprint density at radius 3 is 2.72 bits per heavy atom. The maximum absolute atomic E-state index is 13.5. The van der Waals surface area contributed by atoms with Gasteiger partial charge < -0.3 is 4.74 Å². The highest BCUT2D eigenvalue weighted by Gasteiger charge is 2.16.